The first-order valence-electron chi connectivity index (χ1n) is 6.60. The molecule has 0 saturated carbocycles. The minimum Gasteiger partial charge on any atom is -0.389 e. The van der Waals surface area contributed by atoms with Crippen molar-refractivity contribution < 1.29 is 9.47 Å². The predicted molar refractivity (Wildman–Crippen MR) is 88.8 cm³/mol. The van der Waals surface area contributed by atoms with Crippen molar-refractivity contribution in [3.8, 4) is 0 Å². The van der Waals surface area contributed by atoms with Crippen molar-refractivity contribution in [3.63, 3.8) is 0 Å². The number of para-hydroxylation sites is 1. The van der Waals surface area contributed by atoms with E-state index in [9.17, 15) is 0 Å². The predicted octanol–water partition coefficient (Wildman–Crippen LogP) is 1.94. The highest BCUT2D eigenvalue weighted by atomic mass is 32.1. The molecule has 1 atom stereocenters. The van der Waals surface area contributed by atoms with Gasteiger partial charge in [0.15, 0.2) is 0 Å². The molecular weight excluding hydrogens is 286 g/mol. The van der Waals surface area contributed by atoms with Crippen LogP contribution in [0.2, 0.25) is 0 Å². The van der Waals surface area contributed by atoms with Gasteiger partial charge in [-0.25, -0.2) is 0 Å². The third-order valence-electron chi connectivity index (χ3n) is 3.23. The Balaban J connectivity index is 2.35. The van der Waals surface area contributed by atoms with E-state index in [1.807, 2.05) is 24.3 Å². The van der Waals surface area contributed by atoms with E-state index in [-0.39, 0.29) is 6.10 Å². The van der Waals surface area contributed by atoms with Crippen molar-refractivity contribution >= 4 is 33.8 Å². The molecule has 2 rings (SSSR count). The third kappa shape index (κ3) is 3.66. The molecule has 1 aromatic carbocycles. The highest BCUT2D eigenvalue weighted by Gasteiger charge is 2.13. The molecule has 0 amide bonds. The fourth-order valence-corrected chi connectivity index (χ4v) is 2.29. The molecule has 0 saturated heterocycles. The smallest absolute Gasteiger partial charge is 0.107 e. The molecular formula is C15H19N3O2S. The molecule has 3 N–H and O–H groups in total. The van der Waals surface area contributed by atoms with E-state index >= 15 is 0 Å². The lowest BCUT2D eigenvalue weighted by Crippen LogP contribution is -2.27. The van der Waals surface area contributed by atoms with Crippen LogP contribution in [0, 0.1) is 0 Å². The lowest BCUT2D eigenvalue weighted by atomic mass is 10.1. The number of nitrogens with two attached hydrogens (primary N) is 1. The van der Waals surface area contributed by atoms with Crippen LogP contribution in [-0.4, -0.2) is 43.4 Å². The quantitative estimate of drug-likeness (QED) is 0.762. The van der Waals surface area contributed by atoms with Crippen molar-refractivity contribution in [1.82, 2.24) is 4.98 Å². The van der Waals surface area contributed by atoms with E-state index in [4.69, 9.17) is 27.4 Å². The van der Waals surface area contributed by atoms with E-state index in [0.717, 1.165) is 22.2 Å². The van der Waals surface area contributed by atoms with Crippen LogP contribution in [0.4, 0.5) is 5.69 Å². The number of hydrogen-bond donors (Lipinski definition) is 2. The Kier molecular flexibility index (Phi) is 5.44. The SMILES string of the molecule is COCC(CNc1c(C(N)=S)cnc2ccccc12)OC. The zero-order valence-electron chi connectivity index (χ0n) is 12.1. The fourth-order valence-electron chi connectivity index (χ4n) is 2.13. The van der Waals surface area contributed by atoms with Crippen LogP contribution in [0.5, 0.6) is 0 Å². The van der Waals surface area contributed by atoms with Gasteiger partial charge in [-0.2, -0.15) is 0 Å². The molecule has 1 unspecified atom stereocenters. The Morgan fingerprint density at radius 1 is 1.38 bits per heavy atom. The first-order valence-corrected chi connectivity index (χ1v) is 7.01. The van der Waals surface area contributed by atoms with Crippen LogP contribution < -0.4 is 11.1 Å². The van der Waals surface area contributed by atoms with Gasteiger partial charge in [0.2, 0.25) is 0 Å². The van der Waals surface area contributed by atoms with Gasteiger partial charge >= 0.3 is 0 Å². The number of methoxy groups -OCH3 is 2. The topological polar surface area (TPSA) is 69.4 Å². The number of nitrogens with zero attached hydrogens (tertiary/aromatic N) is 1. The summed E-state index contributed by atoms with van der Waals surface area (Å²) in [6.07, 6.45) is 1.65. The van der Waals surface area contributed by atoms with Crippen molar-refractivity contribution in [1.29, 1.82) is 0 Å². The summed E-state index contributed by atoms with van der Waals surface area (Å²) < 4.78 is 10.5. The van der Waals surface area contributed by atoms with Gasteiger partial charge < -0.3 is 20.5 Å². The van der Waals surface area contributed by atoms with Gasteiger partial charge in [-0.1, -0.05) is 30.4 Å². The van der Waals surface area contributed by atoms with Gasteiger partial charge in [0.25, 0.3) is 0 Å². The number of hydrogen-bond acceptors (Lipinski definition) is 5. The zero-order chi connectivity index (χ0) is 15.2. The average Bonchev–Trinajstić information content (AvgIpc) is 2.50. The first kappa shape index (κ1) is 15.6. The number of aromatic nitrogens is 1. The molecule has 0 aliphatic carbocycles. The Morgan fingerprint density at radius 2 is 2.14 bits per heavy atom. The summed E-state index contributed by atoms with van der Waals surface area (Å²) in [5, 5.41) is 4.34. The van der Waals surface area contributed by atoms with Gasteiger partial charge in [0.05, 0.1) is 29.5 Å². The molecule has 0 fully saturated rings. The maximum Gasteiger partial charge on any atom is 0.107 e. The highest BCUT2D eigenvalue weighted by Crippen LogP contribution is 2.25. The minimum atomic E-state index is -0.0545. The Labute approximate surface area is 129 Å². The van der Waals surface area contributed by atoms with E-state index in [1.54, 1.807) is 20.4 Å². The summed E-state index contributed by atoms with van der Waals surface area (Å²) in [5.41, 5.74) is 8.30. The Bertz CT molecular complexity index is 633. The fraction of sp³-hybridized carbons (Fsp3) is 0.333. The molecule has 0 aliphatic heterocycles. The maximum atomic E-state index is 5.80. The first-order chi connectivity index (χ1) is 10.2. The Hall–Kier alpha value is -1.76. The van der Waals surface area contributed by atoms with Crippen molar-refractivity contribution in [2.45, 2.75) is 6.10 Å². The van der Waals surface area contributed by atoms with Gasteiger partial charge in [-0.3, -0.25) is 4.98 Å². The van der Waals surface area contributed by atoms with Gasteiger partial charge in [0, 0.05) is 32.3 Å². The molecule has 112 valence electrons. The summed E-state index contributed by atoms with van der Waals surface area (Å²) >= 11 is 5.11. The molecule has 0 bridgehead atoms. The number of pyridine rings is 1. The zero-order valence-corrected chi connectivity index (χ0v) is 12.9. The van der Waals surface area contributed by atoms with E-state index in [0.29, 0.717) is 18.1 Å². The number of thiocarbonyl (C=S) groups is 1. The van der Waals surface area contributed by atoms with Crippen molar-refractivity contribution in [2.75, 3.05) is 32.7 Å². The molecule has 1 aromatic heterocycles. The lowest BCUT2D eigenvalue weighted by Gasteiger charge is -2.18. The number of ether oxygens (including phenoxy) is 2. The summed E-state index contributed by atoms with van der Waals surface area (Å²) in [6.45, 7) is 1.10. The third-order valence-corrected chi connectivity index (χ3v) is 3.45. The molecule has 0 aliphatic rings. The van der Waals surface area contributed by atoms with Crippen LogP contribution >= 0.6 is 12.2 Å². The van der Waals surface area contributed by atoms with Crippen LogP contribution in [0.25, 0.3) is 10.9 Å². The molecule has 21 heavy (non-hydrogen) atoms. The molecule has 0 spiro atoms. The van der Waals surface area contributed by atoms with Crippen molar-refractivity contribution in [2.24, 2.45) is 5.73 Å². The van der Waals surface area contributed by atoms with E-state index in [1.165, 1.54) is 0 Å². The Morgan fingerprint density at radius 3 is 2.81 bits per heavy atom. The number of nitrogens with one attached hydrogen (secondary N) is 1. The van der Waals surface area contributed by atoms with Crippen molar-refractivity contribution in [3.05, 3.63) is 36.0 Å². The highest BCUT2D eigenvalue weighted by molar-refractivity contribution is 7.80. The number of fused-ring (bicyclic) bond motifs is 1. The number of benzene rings is 1. The second-order valence-corrected chi connectivity index (χ2v) is 5.06. The van der Waals surface area contributed by atoms with Crippen LogP contribution in [0.1, 0.15) is 5.56 Å². The van der Waals surface area contributed by atoms with Gasteiger partial charge in [-0.05, 0) is 6.07 Å². The maximum absolute atomic E-state index is 5.80. The van der Waals surface area contributed by atoms with Crippen LogP contribution in [0.3, 0.4) is 0 Å². The molecule has 2 aromatic rings. The monoisotopic (exact) mass is 305 g/mol. The summed E-state index contributed by atoms with van der Waals surface area (Å²) in [6, 6.07) is 7.85. The number of rotatable bonds is 7. The second-order valence-electron chi connectivity index (χ2n) is 4.62. The molecule has 1 heterocycles. The lowest BCUT2D eigenvalue weighted by molar-refractivity contribution is 0.0366. The molecule has 6 heteroatoms. The normalized spacial score (nSPS) is 12.3. The molecule has 0 radical (unpaired) electrons. The standard InChI is InChI=1S/C15H19N3O2S/c1-19-9-10(20-2)7-18-14-11-5-3-4-6-13(11)17-8-12(14)15(16)21/h3-6,8,10H,7,9H2,1-2H3,(H2,16,21)(H,17,18). The van der Waals surface area contributed by atoms with Crippen LogP contribution in [-0.2, 0) is 9.47 Å². The average molecular weight is 305 g/mol. The largest absolute Gasteiger partial charge is 0.389 e. The summed E-state index contributed by atoms with van der Waals surface area (Å²) in [5.74, 6) is 0. The van der Waals surface area contributed by atoms with E-state index < -0.39 is 0 Å². The van der Waals surface area contributed by atoms with Gasteiger partial charge in [-0.15, -0.1) is 0 Å². The summed E-state index contributed by atoms with van der Waals surface area (Å²) in [4.78, 5) is 4.70. The van der Waals surface area contributed by atoms with Crippen LogP contribution in [0.15, 0.2) is 30.5 Å². The molecule has 5 nitrogen and oxygen atoms in total. The minimum absolute atomic E-state index is 0.0545. The summed E-state index contributed by atoms with van der Waals surface area (Å²) in [7, 11) is 3.30. The van der Waals surface area contributed by atoms with E-state index in [2.05, 4.69) is 10.3 Å². The number of anilines is 1. The second kappa shape index (κ2) is 7.31. The van der Waals surface area contributed by atoms with Gasteiger partial charge in [0.1, 0.15) is 4.99 Å².